The number of rotatable bonds is 3. The first-order valence-corrected chi connectivity index (χ1v) is 5.99. The molecule has 2 atom stereocenters. The van der Waals surface area contributed by atoms with Crippen LogP contribution in [0.1, 0.15) is 16.8 Å². The maximum absolute atomic E-state index is 13.7. The van der Waals surface area contributed by atoms with E-state index in [4.69, 9.17) is 14.9 Å². The van der Waals surface area contributed by atoms with Gasteiger partial charge in [-0.2, -0.15) is 0 Å². The predicted molar refractivity (Wildman–Crippen MR) is 65.9 cm³/mol. The zero-order chi connectivity index (χ0) is 14.9. The summed E-state index contributed by atoms with van der Waals surface area (Å²) in [6, 6.07) is 2.08. The van der Waals surface area contributed by atoms with Crippen molar-refractivity contribution in [1.29, 1.82) is 0 Å². The molecular formula is C13H14FNO5. The van der Waals surface area contributed by atoms with Gasteiger partial charge in [0, 0.05) is 26.1 Å². The second-order valence-corrected chi connectivity index (χ2v) is 4.57. The Labute approximate surface area is 114 Å². The second kappa shape index (κ2) is 5.46. The van der Waals surface area contributed by atoms with Gasteiger partial charge in [0.05, 0.1) is 11.7 Å². The lowest BCUT2D eigenvalue weighted by atomic mass is 10.1. The number of carbonyl (C=O) groups excluding carboxylic acids is 1. The van der Waals surface area contributed by atoms with Crippen molar-refractivity contribution in [2.24, 2.45) is 0 Å². The lowest BCUT2D eigenvalue weighted by Gasteiger charge is -2.21. The van der Waals surface area contributed by atoms with Crippen LogP contribution in [-0.2, 0) is 9.53 Å². The van der Waals surface area contributed by atoms with Gasteiger partial charge in [0.15, 0.2) is 0 Å². The molecule has 2 N–H and O–H groups in total. The van der Waals surface area contributed by atoms with Crippen LogP contribution >= 0.6 is 0 Å². The fraction of sp³-hybridized carbons (Fsp3) is 0.385. The first-order valence-electron chi connectivity index (χ1n) is 5.99. The third kappa shape index (κ3) is 2.57. The molecule has 0 aromatic heterocycles. The van der Waals surface area contributed by atoms with Crippen molar-refractivity contribution in [1.82, 2.24) is 4.90 Å². The van der Waals surface area contributed by atoms with Gasteiger partial charge in [-0.3, -0.25) is 4.79 Å². The van der Waals surface area contributed by atoms with Crippen LogP contribution in [0.15, 0.2) is 18.2 Å². The number of benzene rings is 1. The number of ether oxygens (including phenoxy) is 1. The Morgan fingerprint density at radius 2 is 2.15 bits per heavy atom. The van der Waals surface area contributed by atoms with Crippen molar-refractivity contribution in [2.45, 2.75) is 18.6 Å². The molecule has 0 spiro atoms. The van der Waals surface area contributed by atoms with Crippen LogP contribution in [0.25, 0.3) is 0 Å². The van der Waals surface area contributed by atoms with E-state index < -0.39 is 23.7 Å². The number of carbonyl (C=O) groups is 2. The van der Waals surface area contributed by atoms with Crippen LogP contribution in [0.3, 0.4) is 0 Å². The summed E-state index contributed by atoms with van der Waals surface area (Å²) in [6.07, 6.45) is -0.225. The maximum atomic E-state index is 13.7. The molecular weight excluding hydrogens is 269 g/mol. The van der Waals surface area contributed by atoms with E-state index in [9.17, 15) is 14.0 Å². The number of carboxylic acid groups (broad SMARTS) is 1. The summed E-state index contributed by atoms with van der Waals surface area (Å²) in [5, 5.41) is 18.2. The molecule has 1 aliphatic heterocycles. The van der Waals surface area contributed by atoms with Crippen molar-refractivity contribution in [3.63, 3.8) is 0 Å². The molecule has 1 heterocycles. The number of amides is 1. The molecule has 1 aliphatic rings. The van der Waals surface area contributed by atoms with Gasteiger partial charge in [0.25, 0.3) is 5.91 Å². The molecule has 7 heteroatoms. The Hall–Kier alpha value is -2.15. The number of phenols is 1. The van der Waals surface area contributed by atoms with E-state index in [-0.39, 0.29) is 30.4 Å². The monoisotopic (exact) mass is 283 g/mol. The quantitative estimate of drug-likeness (QED) is 0.858. The number of aromatic hydroxyl groups is 1. The van der Waals surface area contributed by atoms with E-state index in [1.165, 1.54) is 13.2 Å². The third-order valence-corrected chi connectivity index (χ3v) is 3.33. The van der Waals surface area contributed by atoms with Crippen LogP contribution < -0.4 is 0 Å². The summed E-state index contributed by atoms with van der Waals surface area (Å²) in [6.45, 7) is 0.0899. The minimum Gasteiger partial charge on any atom is -0.508 e. The van der Waals surface area contributed by atoms with Crippen LogP contribution in [0.2, 0.25) is 0 Å². The number of methoxy groups -OCH3 is 1. The molecule has 1 aromatic rings. The Morgan fingerprint density at radius 3 is 2.70 bits per heavy atom. The molecule has 1 aromatic carbocycles. The topological polar surface area (TPSA) is 87.1 Å². The molecule has 0 saturated carbocycles. The first-order chi connectivity index (χ1) is 9.43. The SMILES string of the molecule is COC1CC(C(=O)O)N(C(=O)c2ccc(O)cc2F)C1. The van der Waals surface area contributed by atoms with Gasteiger partial charge < -0.3 is 19.8 Å². The summed E-state index contributed by atoms with van der Waals surface area (Å²) in [5.74, 6) is -3.07. The fourth-order valence-corrected chi connectivity index (χ4v) is 2.26. The number of halogens is 1. The minimum absolute atomic E-state index is 0.0899. The summed E-state index contributed by atoms with van der Waals surface area (Å²) in [7, 11) is 1.43. The van der Waals surface area contributed by atoms with Gasteiger partial charge in [-0.05, 0) is 12.1 Å². The highest BCUT2D eigenvalue weighted by atomic mass is 19.1. The number of carboxylic acids is 1. The molecule has 20 heavy (non-hydrogen) atoms. The molecule has 1 amide bonds. The van der Waals surface area contributed by atoms with Crippen molar-refractivity contribution in [3.8, 4) is 5.75 Å². The van der Waals surface area contributed by atoms with Crippen LogP contribution in [-0.4, -0.2) is 52.8 Å². The summed E-state index contributed by atoms with van der Waals surface area (Å²) in [4.78, 5) is 24.5. The summed E-state index contributed by atoms with van der Waals surface area (Å²) < 4.78 is 18.7. The van der Waals surface area contributed by atoms with E-state index in [0.29, 0.717) is 0 Å². The van der Waals surface area contributed by atoms with E-state index in [0.717, 1.165) is 17.0 Å². The molecule has 108 valence electrons. The van der Waals surface area contributed by atoms with E-state index in [1.807, 2.05) is 0 Å². The molecule has 1 saturated heterocycles. The minimum atomic E-state index is -1.16. The van der Waals surface area contributed by atoms with Gasteiger partial charge in [-0.25, -0.2) is 9.18 Å². The Morgan fingerprint density at radius 1 is 1.45 bits per heavy atom. The molecule has 2 rings (SSSR count). The summed E-state index contributed by atoms with van der Waals surface area (Å²) >= 11 is 0. The third-order valence-electron chi connectivity index (χ3n) is 3.33. The Bertz CT molecular complexity index is 548. The van der Waals surface area contributed by atoms with E-state index in [2.05, 4.69) is 0 Å². The predicted octanol–water partition coefficient (Wildman–Crippen LogP) is 0.845. The standard InChI is InChI=1S/C13H14FNO5/c1-20-8-5-11(13(18)19)15(6-8)12(17)9-3-2-7(16)4-10(9)14/h2-4,8,11,16H,5-6H2,1H3,(H,18,19). The van der Waals surface area contributed by atoms with Gasteiger partial charge in [-0.1, -0.05) is 0 Å². The number of hydrogen-bond acceptors (Lipinski definition) is 4. The van der Waals surface area contributed by atoms with Crippen molar-refractivity contribution >= 4 is 11.9 Å². The van der Waals surface area contributed by atoms with Crippen molar-refractivity contribution in [3.05, 3.63) is 29.6 Å². The first kappa shape index (κ1) is 14.3. The Kier molecular flexibility index (Phi) is 3.89. The highest BCUT2D eigenvalue weighted by Gasteiger charge is 2.40. The molecule has 1 fully saturated rings. The zero-order valence-electron chi connectivity index (χ0n) is 10.7. The van der Waals surface area contributed by atoms with E-state index >= 15 is 0 Å². The number of phenolic OH excluding ortho intramolecular Hbond substituents is 1. The smallest absolute Gasteiger partial charge is 0.326 e. The molecule has 6 nitrogen and oxygen atoms in total. The number of hydrogen-bond donors (Lipinski definition) is 2. The average molecular weight is 283 g/mol. The highest BCUT2D eigenvalue weighted by Crippen LogP contribution is 2.24. The normalized spacial score (nSPS) is 22.0. The second-order valence-electron chi connectivity index (χ2n) is 4.57. The number of likely N-dealkylation sites (tertiary alicyclic amines) is 1. The maximum Gasteiger partial charge on any atom is 0.326 e. The lowest BCUT2D eigenvalue weighted by Crippen LogP contribution is -2.40. The molecule has 0 aliphatic carbocycles. The van der Waals surface area contributed by atoms with Crippen LogP contribution in [0.4, 0.5) is 4.39 Å². The lowest BCUT2D eigenvalue weighted by molar-refractivity contribution is -0.141. The zero-order valence-corrected chi connectivity index (χ0v) is 10.7. The van der Waals surface area contributed by atoms with Gasteiger partial charge in [0.1, 0.15) is 17.6 Å². The van der Waals surface area contributed by atoms with Gasteiger partial charge >= 0.3 is 5.97 Å². The van der Waals surface area contributed by atoms with Crippen molar-refractivity contribution < 1.29 is 28.9 Å². The van der Waals surface area contributed by atoms with Gasteiger partial charge in [0.2, 0.25) is 0 Å². The molecule has 0 radical (unpaired) electrons. The summed E-state index contributed by atoms with van der Waals surface area (Å²) in [5.41, 5.74) is -0.272. The highest BCUT2D eigenvalue weighted by molar-refractivity contribution is 5.97. The van der Waals surface area contributed by atoms with Crippen LogP contribution in [0, 0.1) is 5.82 Å². The molecule has 2 unspecified atom stereocenters. The largest absolute Gasteiger partial charge is 0.508 e. The fourth-order valence-electron chi connectivity index (χ4n) is 2.26. The van der Waals surface area contributed by atoms with Crippen molar-refractivity contribution in [2.75, 3.05) is 13.7 Å². The van der Waals surface area contributed by atoms with Gasteiger partial charge in [-0.15, -0.1) is 0 Å². The Balaban J connectivity index is 2.29. The number of aliphatic carboxylic acids is 1. The average Bonchev–Trinajstić information content (AvgIpc) is 2.82. The number of nitrogens with zero attached hydrogens (tertiary/aromatic N) is 1. The molecule has 0 bridgehead atoms. The van der Waals surface area contributed by atoms with Crippen LogP contribution in [0.5, 0.6) is 5.75 Å². The van der Waals surface area contributed by atoms with E-state index in [1.54, 1.807) is 0 Å².